The normalized spacial score (nSPS) is 16.6. The number of ketones is 1. The molecule has 0 aromatic heterocycles. The number of hydrogen-bond donors (Lipinski definition) is 1. The van der Waals surface area contributed by atoms with Gasteiger partial charge in [0.15, 0.2) is 5.78 Å². The first-order valence-corrected chi connectivity index (χ1v) is 18.1. The molecule has 1 fully saturated rings. The minimum Gasteiger partial charge on any atom is -0.481 e. The van der Waals surface area contributed by atoms with Gasteiger partial charge in [-0.1, -0.05) is 111 Å². The average Bonchev–Trinajstić information content (AvgIpc) is 3.47. The molecule has 0 spiro atoms. The molecule has 8 heteroatoms. The number of nitrogens with zero attached hydrogens (tertiary/aromatic N) is 2. The van der Waals surface area contributed by atoms with Gasteiger partial charge in [0.05, 0.1) is 11.5 Å². The Morgan fingerprint density at radius 2 is 1.32 bits per heavy atom. The Bertz CT molecular complexity index is 1540. The van der Waals surface area contributed by atoms with Crippen LogP contribution in [0.5, 0.6) is 0 Å². The largest absolute Gasteiger partial charge is 0.481 e. The van der Waals surface area contributed by atoms with E-state index in [1.807, 2.05) is 12.1 Å². The summed E-state index contributed by atoms with van der Waals surface area (Å²) in [6.07, 6.45) is 10.4. The van der Waals surface area contributed by atoms with E-state index in [-0.39, 0.29) is 29.8 Å². The number of aliphatic carboxylic acids is 1. The number of rotatable bonds is 19. The topological polar surface area (TPSA) is 104 Å². The van der Waals surface area contributed by atoms with E-state index < -0.39 is 11.4 Å². The molecule has 1 unspecified atom stereocenters. The van der Waals surface area contributed by atoms with Crippen molar-refractivity contribution in [2.45, 2.75) is 88.8 Å². The summed E-state index contributed by atoms with van der Waals surface area (Å²) in [6, 6.07) is 27.9. The maximum Gasteiger partial charge on any atom is 0.313 e. The van der Waals surface area contributed by atoms with E-state index in [9.17, 15) is 24.3 Å². The van der Waals surface area contributed by atoms with E-state index >= 15 is 0 Å². The molecule has 264 valence electrons. The summed E-state index contributed by atoms with van der Waals surface area (Å²) in [5.41, 5.74) is 2.60. The van der Waals surface area contributed by atoms with Crippen molar-refractivity contribution < 1.29 is 29.0 Å². The lowest BCUT2D eigenvalue weighted by Crippen LogP contribution is -2.38. The highest BCUT2D eigenvalue weighted by Crippen LogP contribution is 2.32. The third-order valence-corrected chi connectivity index (χ3v) is 10.2. The van der Waals surface area contributed by atoms with Crippen LogP contribution in [0.4, 0.5) is 0 Å². The second-order valence-electron chi connectivity index (χ2n) is 13.8. The van der Waals surface area contributed by atoms with Gasteiger partial charge < -0.3 is 14.7 Å². The van der Waals surface area contributed by atoms with Crippen LogP contribution in [-0.4, -0.2) is 70.8 Å². The van der Waals surface area contributed by atoms with E-state index in [0.717, 1.165) is 82.1 Å². The zero-order valence-electron chi connectivity index (χ0n) is 29.2. The fraction of sp³-hybridized carbons (Fsp3) is 0.429. The lowest BCUT2D eigenvalue weighted by molar-refractivity contribution is -0.143. The minimum atomic E-state index is -1.04. The lowest BCUT2D eigenvalue weighted by atomic mass is 9.77. The molecule has 2 heterocycles. The Hall–Kier alpha value is -4.40. The SMILES string of the molecule is CC(CCCCCCCN1C(=O)C=CC1=O)(C(=O)O)c1ccc(C(=O)CCCN2CCC(OC(c3ccccc3)c3ccccc3)CC2)cc1. The number of amides is 2. The molecule has 3 aromatic rings. The van der Waals surface area contributed by atoms with E-state index in [2.05, 4.69) is 53.4 Å². The molecule has 0 bridgehead atoms. The maximum atomic E-state index is 13.0. The van der Waals surface area contributed by atoms with Gasteiger partial charge in [0, 0.05) is 43.8 Å². The summed E-state index contributed by atoms with van der Waals surface area (Å²) in [5.74, 6) is -1.31. The summed E-state index contributed by atoms with van der Waals surface area (Å²) in [5, 5.41) is 10.1. The average molecular weight is 679 g/mol. The fourth-order valence-corrected chi connectivity index (χ4v) is 7.00. The van der Waals surface area contributed by atoms with Crippen molar-refractivity contribution in [1.82, 2.24) is 9.80 Å². The van der Waals surface area contributed by atoms with E-state index in [0.29, 0.717) is 30.5 Å². The van der Waals surface area contributed by atoms with Crippen LogP contribution in [0.3, 0.4) is 0 Å². The number of carboxylic acids is 1. The number of likely N-dealkylation sites (tertiary alicyclic amines) is 1. The molecule has 1 atom stereocenters. The van der Waals surface area contributed by atoms with Crippen molar-refractivity contribution in [2.75, 3.05) is 26.2 Å². The van der Waals surface area contributed by atoms with Crippen LogP contribution in [0.15, 0.2) is 97.1 Å². The number of carbonyl (C=O) groups excluding carboxylic acids is 3. The van der Waals surface area contributed by atoms with Crippen LogP contribution < -0.4 is 0 Å². The first-order chi connectivity index (χ1) is 24.2. The summed E-state index contributed by atoms with van der Waals surface area (Å²) in [4.78, 5) is 52.4. The molecule has 2 aliphatic rings. The van der Waals surface area contributed by atoms with Crippen molar-refractivity contribution in [3.05, 3.63) is 119 Å². The second kappa shape index (κ2) is 18.0. The third kappa shape index (κ3) is 9.86. The quantitative estimate of drug-likeness (QED) is 0.0794. The number of unbranched alkanes of at least 4 members (excludes halogenated alkanes) is 4. The Morgan fingerprint density at radius 3 is 1.90 bits per heavy atom. The second-order valence-corrected chi connectivity index (χ2v) is 13.8. The first kappa shape index (κ1) is 36.9. The molecular formula is C42H50N2O6. The fourth-order valence-electron chi connectivity index (χ4n) is 7.00. The van der Waals surface area contributed by atoms with E-state index in [1.54, 1.807) is 31.2 Å². The van der Waals surface area contributed by atoms with Crippen LogP contribution in [0.1, 0.15) is 104 Å². The predicted octanol–water partition coefficient (Wildman–Crippen LogP) is 7.53. The number of ether oxygens (including phenoxy) is 1. The minimum absolute atomic E-state index is 0.0773. The van der Waals surface area contributed by atoms with Gasteiger partial charge in [-0.25, -0.2) is 0 Å². The summed E-state index contributed by atoms with van der Waals surface area (Å²) in [7, 11) is 0. The van der Waals surface area contributed by atoms with Gasteiger partial charge in [-0.15, -0.1) is 0 Å². The number of carboxylic acid groups (broad SMARTS) is 1. The van der Waals surface area contributed by atoms with E-state index in [4.69, 9.17) is 4.74 Å². The van der Waals surface area contributed by atoms with Gasteiger partial charge in [-0.05, 0) is 62.3 Å². The molecule has 0 radical (unpaired) electrons. The number of piperidine rings is 1. The Labute approximate surface area is 296 Å². The molecule has 8 nitrogen and oxygen atoms in total. The summed E-state index contributed by atoms with van der Waals surface area (Å²) in [6.45, 7) is 4.91. The first-order valence-electron chi connectivity index (χ1n) is 18.1. The van der Waals surface area contributed by atoms with Gasteiger partial charge in [0.2, 0.25) is 0 Å². The summed E-state index contributed by atoms with van der Waals surface area (Å²) < 4.78 is 6.68. The van der Waals surface area contributed by atoms with Crippen molar-refractivity contribution in [3.8, 4) is 0 Å². The van der Waals surface area contributed by atoms with Crippen molar-refractivity contribution in [1.29, 1.82) is 0 Å². The molecular weight excluding hydrogens is 628 g/mol. The molecule has 0 saturated carbocycles. The zero-order valence-corrected chi connectivity index (χ0v) is 29.2. The van der Waals surface area contributed by atoms with Crippen molar-refractivity contribution >= 4 is 23.6 Å². The molecule has 2 amide bonds. The smallest absolute Gasteiger partial charge is 0.313 e. The molecule has 50 heavy (non-hydrogen) atoms. The van der Waals surface area contributed by atoms with Crippen molar-refractivity contribution in [2.24, 2.45) is 0 Å². The van der Waals surface area contributed by atoms with Gasteiger partial charge in [-0.3, -0.25) is 24.1 Å². The van der Waals surface area contributed by atoms with Crippen molar-refractivity contribution in [3.63, 3.8) is 0 Å². The Balaban J connectivity index is 1.01. The number of benzene rings is 3. The molecule has 1 saturated heterocycles. The zero-order chi connectivity index (χ0) is 35.3. The van der Waals surface area contributed by atoms with Gasteiger partial charge >= 0.3 is 5.97 Å². The number of imide groups is 1. The Morgan fingerprint density at radius 1 is 0.760 bits per heavy atom. The van der Waals surface area contributed by atoms with Crippen LogP contribution in [0.2, 0.25) is 0 Å². The monoisotopic (exact) mass is 678 g/mol. The Kier molecular flexibility index (Phi) is 13.3. The number of carbonyl (C=O) groups is 4. The highest BCUT2D eigenvalue weighted by Gasteiger charge is 2.34. The predicted molar refractivity (Wildman–Crippen MR) is 194 cm³/mol. The summed E-state index contributed by atoms with van der Waals surface area (Å²) >= 11 is 0. The highest BCUT2D eigenvalue weighted by atomic mass is 16.5. The van der Waals surface area contributed by atoms with Crippen LogP contribution in [0, 0.1) is 0 Å². The third-order valence-electron chi connectivity index (χ3n) is 10.2. The van der Waals surface area contributed by atoms with Gasteiger partial charge in [0.1, 0.15) is 6.10 Å². The van der Waals surface area contributed by atoms with E-state index in [1.165, 1.54) is 17.1 Å². The van der Waals surface area contributed by atoms with Gasteiger partial charge in [0.25, 0.3) is 11.8 Å². The molecule has 5 rings (SSSR count). The molecule has 2 aliphatic heterocycles. The van der Waals surface area contributed by atoms with Crippen LogP contribution in [-0.2, 0) is 24.5 Å². The molecule has 0 aliphatic carbocycles. The lowest BCUT2D eigenvalue weighted by Gasteiger charge is -2.34. The van der Waals surface area contributed by atoms with Gasteiger partial charge in [-0.2, -0.15) is 0 Å². The number of hydrogen-bond acceptors (Lipinski definition) is 6. The highest BCUT2D eigenvalue weighted by molar-refractivity contribution is 6.12. The molecule has 1 N–H and O–H groups in total. The number of Topliss-reactive ketones (excluding diaryl/α,β-unsaturated/α-hetero) is 1. The van der Waals surface area contributed by atoms with Crippen LogP contribution >= 0.6 is 0 Å². The molecule has 3 aromatic carbocycles. The standard InChI is InChI=1S/C42H50N2O6/c1-42(41(48)49,27-11-3-2-4-12-29-44-38(46)23-24-39(44)47)35-21-19-32(20-22-35)37(45)18-13-28-43-30-25-36(26-31-43)50-40(33-14-7-5-8-15-33)34-16-9-6-10-17-34/h5-10,14-17,19-24,36,40H,2-4,11-13,18,25-31H2,1H3,(H,48,49). The maximum absolute atomic E-state index is 13.0. The van der Waals surface area contributed by atoms with Crippen LogP contribution in [0.25, 0.3) is 0 Å².